The van der Waals surface area contributed by atoms with Crippen molar-refractivity contribution in [3.63, 3.8) is 0 Å². The molecule has 4 amide bonds. The molecular formula is C36H45F3N6O4. The maximum atomic E-state index is 15.6. The van der Waals surface area contributed by atoms with Crippen LogP contribution in [0, 0.1) is 29.0 Å². The molecule has 0 radical (unpaired) electrons. The highest BCUT2D eigenvalue weighted by Gasteiger charge is 2.44. The third-order valence-electron chi connectivity index (χ3n) is 9.74. The lowest BCUT2D eigenvalue weighted by Gasteiger charge is -2.36. The number of alkyl halides is 2. The molecular weight excluding hydrogens is 637 g/mol. The van der Waals surface area contributed by atoms with Crippen molar-refractivity contribution >= 4 is 29.3 Å². The number of halogens is 3. The Morgan fingerprint density at radius 2 is 1.67 bits per heavy atom. The van der Waals surface area contributed by atoms with Crippen LogP contribution in [0.15, 0.2) is 42.5 Å². The van der Waals surface area contributed by atoms with Gasteiger partial charge >= 0.3 is 5.92 Å². The van der Waals surface area contributed by atoms with Gasteiger partial charge in [0.2, 0.25) is 17.7 Å². The number of carbonyl (C=O) groups excluding carboxylic acids is 4. The number of nitrogens with zero attached hydrogens (tertiary/aromatic N) is 3. The van der Waals surface area contributed by atoms with Gasteiger partial charge in [0.25, 0.3) is 5.91 Å². The number of likely N-dealkylation sites (N-methyl/N-ethyl adjacent to an activating group) is 1. The molecule has 0 bridgehead atoms. The van der Waals surface area contributed by atoms with Gasteiger partial charge in [-0.15, -0.1) is 0 Å². The second-order valence-corrected chi connectivity index (χ2v) is 13.3. The summed E-state index contributed by atoms with van der Waals surface area (Å²) in [6.45, 7) is 7.80. The van der Waals surface area contributed by atoms with Gasteiger partial charge in [-0.05, 0) is 61.6 Å². The topological polar surface area (TPSA) is 135 Å². The summed E-state index contributed by atoms with van der Waals surface area (Å²) in [7, 11) is 1.96. The molecule has 1 aliphatic carbocycles. The molecule has 3 atom stereocenters. The van der Waals surface area contributed by atoms with E-state index in [1.807, 2.05) is 7.05 Å². The minimum Gasteiger partial charge on any atom is -0.344 e. The molecule has 264 valence electrons. The molecule has 49 heavy (non-hydrogen) atoms. The van der Waals surface area contributed by atoms with Crippen molar-refractivity contribution in [3.05, 3.63) is 65.0 Å². The summed E-state index contributed by atoms with van der Waals surface area (Å²) < 4.78 is 46.3. The molecule has 10 nitrogen and oxygen atoms in total. The van der Waals surface area contributed by atoms with Crippen LogP contribution < -0.4 is 16.0 Å². The number of rotatable bonds is 11. The Bertz CT molecular complexity index is 1560. The lowest BCUT2D eigenvalue weighted by molar-refractivity contribution is -0.149. The van der Waals surface area contributed by atoms with Gasteiger partial charge in [-0.2, -0.15) is 14.0 Å². The Hall–Kier alpha value is -4.44. The van der Waals surface area contributed by atoms with Crippen molar-refractivity contribution in [2.24, 2.45) is 11.8 Å². The van der Waals surface area contributed by atoms with E-state index in [1.54, 1.807) is 24.8 Å². The van der Waals surface area contributed by atoms with Gasteiger partial charge in [0.15, 0.2) is 0 Å². The zero-order valence-corrected chi connectivity index (χ0v) is 28.4. The maximum absolute atomic E-state index is 15.6. The highest BCUT2D eigenvalue weighted by molar-refractivity contribution is 5.98. The molecule has 1 saturated carbocycles. The Balaban J connectivity index is 1.54. The molecule has 2 aromatic rings. The highest BCUT2D eigenvalue weighted by atomic mass is 19.3. The highest BCUT2D eigenvalue weighted by Crippen LogP contribution is 2.34. The van der Waals surface area contributed by atoms with Crippen LogP contribution in [0.5, 0.6) is 0 Å². The van der Waals surface area contributed by atoms with Gasteiger partial charge in [-0.1, -0.05) is 51.8 Å². The van der Waals surface area contributed by atoms with Gasteiger partial charge in [-0.25, -0.2) is 4.39 Å². The second kappa shape index (κ2) is 16.3. The van der Waals surface area contributed by atoms with Gasteiger partial charge in [0, 0.05) is 44.1 Å². The third kappa shape index (κ3) is 9.17. The van der Waals surface area contributed by atoms with Crippen molar-refractivity contribution in [1.29, 1.82) is 5.26 Å². The zero-order chi connectivity index (χ0) is 35.9. The van der Waals surface area contributed by atoms with E-state index in [9.17, 15) is 19.2 Å². The third-order valence-corrected chi connectivity index (χ3v) is 9.74. The standard InChI is InChI=1S/C36H45F3N6O4/c1-5-30(46)42-31(34(48)45-17-15-44(4)16-18-45)23(3)26-13-14-29(28(37)20-26)41-33(47)32(25-11-9-22(2)10-12-25)43-35(49)36(38,39)27-8-6-7-24(19-27)21-40/h6-8,13-14,19-20,22-23,25,31-32H,5,9-12,15-18H2,1-4H3,(H,41,47)(H,42,46)(H,43,49)/t22-,23-,25-,31+,32-/m0/s1. The monoisotopic (exact) mass is 682 g/mol. The first-order valence-corrected chi connectivity index (χ1v) is 16.8. The molecule has 0 aromatic heterocycles. The molecule has 1 saturated heterocycles. The molecule has 4 rings (SSSR count). The number of anilines is 1. The van der Waals surface area contributed by atoms with E-state index >= 15 is 13.2 Å². The summed E-state index contributed by atoms with van der Waals surface area (Å²) in [5, 5.41) is 16.6. The normalized spacial score (nSPS) is 20.3. The van der Waals surface area contributed by atoms with Crippen LogP contribution in [0.1, 0.15) is 75.5 Å². The van der Waals surface area contributed by atoms with E-state index in [1.165, 1.54) is 30.3 Å². The molecule has 3 N–H and O–H groups in total. The maximum Gasteiger partial charge on any atom is 0.349 e. The van der Waals surface area contributed by atoms with Crippen LogP contribution in [-0.4, -0.2) is 78.7 Å². The first-order chi connectivity index (χ1) is 23.2. The first-order valence-electron chi connectivity index (χ1n) is 16.8. The number of benzene rings is 2. The fraction of sp³-hybridized carbons (Fsp3) is 0.528. The molecule has 13 heteroatoms. The van der Waals surface area contributed by atoms with Crippen LogP contribution in [-0.2, 0) is 25.1 Å². The lowest BCUT2D eigenvalue weighted by atomic mass is 9.79. The number of piperazine rings is 1. The molecule has 0 spiro atoms. The number of amides is 4. The predicted molar refractivity (Wildman–Crippen MR) is 178 cm³/mol. The van der Waals surface area contributed by atoms with Gasteiger partial charge in [0.05, 0.1) is 17.3 Å². The molecule has 2 aliphatic rings. The van der Waals surface area contributed by atoms with Crippen LogP contribution >= 0.6 is 0 Å². The summed E-state index contributed by atoms with van der Waals surface area (Å²) in [6, 6.07) is 8.03. The summed E-state index contributed by atoms with van der Waals surface area (Å²) in [5.41, 5.74) is -0.547. The van der Waals surface area contributed by atoms with E-state index in [0.29, 0.717) is 50.5 Å². The molecule has 2 aromatic carbocycles. The minimum atomic E-state index is -4.04. The molecule has 0 unspecified atom stereocenters. The van der Waals surface area contributed by atoms with Crippen molar-refractivity contribution in [2.45, 2.75) is 76.8 Å². The van der Waals surface area contributed by atoms with Gasteiger partial charge in [0.1, 0.15) is 17.9 Å². The van der Waals surface area contributed by atoms with Crippen LogP contribution in [0.4, 0.5) is 18.9 Å². The van der Waals surface area contributed by atoms with E-state index in [4.69, 9.17) is 5.26 Å². The summed E-state index contributed by atoms with van der Waals surface area (Å²) in [6.07, 6.45) is 2.62. The molecule has 1 heterocycles. The number of hydrogen-bond acceptors (Lipinski definition) is 6. The Morgan fingerprint density at radius 1 is 1.00 bits per heavy atom. The smallest absolute Gasteiger partial charge is 0.344 e. The van der Waals surface area contributed by atoms with Crippen LogP contribution in [0.2, 0.25) is 0 Å². The average molecular weight is 683 g/mol. The number of carbonyl (C=O) groups is 4. The quantitative estimate of drug-likeness (QED) is 0.320. The zero-order valence-electron chi connectivity index (χ0n) is 28.4. The summed E-state index contributed by atoms with van der Waals surface area (Å²) in [5.74, 6) is -8.72. The number of nitrogens with one attached hydrogen (secondary N) is 3. The van der Waals surface area contributed by atoms with Crippen LogP contribution in [0.3, 0.4) is 0 Å². The van der Waals surface area contributed by atoms with E-state index < -0.39 is 53.0 Å². The van der Waals surface area contributed by atoms with E-state index in [-0.39, 0.29) is 29.5 Å². The fourth-order valence-corrected chi connectivity index (χ4v) is 6.38. The first kappa shape index (κ1) is 37.4. The van der Waals surface area contributed by atoms with Gasteiger partial charge < -0.3 is 25.8 Å². The fourth-order valence-electron chi connectivity index (χ4n) is 6.38. The summed E-state index contributed by atoms with van der Waals surface area (Å²) >= 11 is 0. The van der Waals surface area contributed by atoms with Crippen molar-refractivity contribution in [1.82, 2.24) is 20.4 Å². The van der Waals surface area contributed by atoms with Gasteiger partial charge in [-0.3, -0.25) is 19.2 Å². The average Bonchev–Trinajstić information content (AvgIpc) is 3.10. The lowest BCUT2D eigenvalue weighted by Crippen LogP contribution is -2.55. The van der Waals surface area contributed by atoms with Crippen molar-refractivity contribution < 1.29 is 32.3 Å². The molecule has 1 aliphatic heterocycles. The van der Waals surface area contributed by atoms with Crippen molar-refractivity contribution in [2.75, 3.05) is 38.5 Å². The Labute approximate surface area is 285 Å². The van der Waals surface area contributed by atoms with E-state index in [0.717, 1.165) is 25.0 Å². The number of hydrogen-bond donors (Lipinski definition) is 3. The number of nitriles is 1. The largest absolute Gasteiger partial charge is 0.349 e. The summed E-state index contributed by atoms with van der Waals surface area (Å²) in [4.78, 5) is 56.4. The Morgan fingerprint density at radius 3 is 2.29 bits per heavy atom. The predicted octanol–water partition coefficient (Wildman–Crippen LogP) is 4.51. The van der Waals surface area contributed by atoms with Crippen molar-refractivity contribution in [3.8, 4) is 6.07 Å². The SMILES string of the molecule is CCC(=O)N[C@@H](C(=O)N1CCN(C)CC1)[C@@H](C)c1ccc(NC(=O)[C@@H](NC(=O)C(F)(F)c2cccc(C#N)c2)[C@H]2CC[C@H](C)CC2)c(F)c1. The molecule has 2 fully saturated rings. The Kier molecular flexibility index (Phi) is 12.4. The van der Waals surface area contributed by atoms with Crippen LogP contribution in [0.25, 0.3) is 0 Å². The second-order valence-electron chi connectivity index (χ2n) is 13.3. The van der Waals surface area contributed by atoms with E-state index in [2.05, 4.69) is 27.8 Å². The minimum absolute atomic E-state index is 0.0449.